The maximum absolute atomic E-state index is 12.7. The van der Waals surface area contributed by atoms with E-state index >= 15 is 0 Å². The highest BCUT2D eigenvalue weighted by Gasteiger charge is 2.14. The fraction of sp³-hybridized carbons (Fsp3) is 0.263. The fourth-order valence-electron chi connectivity index (χ4n) is 3.17. The Kier molecular flexibility index (Phi) is 4.59. The first-order valence-electron chi connectivity index (χ1n) is 8.72. The van der Waals surface area contributed by atoms with Gasteiger partial charge in [0.15, 0.2) is 0 Å². The number of anilines is 2. The molecule has 0 saturated carbocycles. The first-order chi connectivity index (χ1) is 12.8. The lowest BCUT2D eigenvalue weighted by molar-refractivity contribution is 0.102. The Morgan fingerprint density at radius 2 is 1.96 bits per heavy atom. The summed E-state index contributed by atoms with van der Waals surface area (Å²) in [7, 11) is 0. The summed E-state index contributed by atoms with van der Waals surface area (Å²) in [5, 5.41) is 6.98. The molecule has 1 fully saturated rings. The minimum absolute atomic E-state index is 0.179. The molecule has 1 aromatic carbocycles. The molecule has 0 spiro atoms. The van der Waals surface area contributed by atoms with Gasteiger partial charge in [-0.2, -0.15) is 5.10 Å². The predicted molar refractivity (Wildman–Crippen MR) is 99.2 cm³/mol. The molecule has 1 N–H and O–H groups in total. The average molecular weight is 348 g/mol. The number of pyridine rings is 1. The van der Waals surface area contributed by atoms with E-state index in [1.165, 1.54) is 19.2 Å². The number of nitrogens with one attached hydrogen (secondary N) is 1. The zero-order valence-corrected chi connectivity index (χ0v) is 14.4. The molecular formula is C19H20N6O. The third-order valence-electron chi connectivity index (χ3n) is 4.52. The molecular weight excluding hydrogens is 328 g/mol. The van der Waals surface area contributed by atoms with Gasteiger partial charge in [0.2, 0.25) is 0 Å². The second kappa shape index (κ2) is 7.35. The van der Waals surface area contributed by atoms with Crippen LogP contribution >= 0.6 is 0 Å². The van der Waals surface area contributed by atoms with Crippen LogP contribution in [-0.4, -0.2) is 38.7 Å². The van der Waals surface area contributed by atoms with Crippen molar-refractivity contribution in [3.63, 3.8) is 0 Å². The molecule has 0 radical (unpaired) electrons. The van der Waals surface area contributed by atoms with Crippen LogP contribution in [0.15, 0.2) is 55.2 Å². The minimum atomic E-state index is -0.179. The summed E-state index contributed by atoms with van der Waals surface area (Å²) in [5.41, 5.74) is 2.59. The number of carbonyl (C=O) groups excluding carboxylic acids is 1. The summed E-state index contributed by atoms with van der Waals surface area (Å²) in [5.74, 6) is 0.371. The van der Waals surface area contributed by atoms with Crippen LogP contribution in [0.4, 0.5) is 11.5 Å². The average Bonchev–Trinajstić information content (AvgIpc) is 3.37. The smallest absolute Gasteiger partial charge is 0.257 e. The fourth-order valence-corrected chi connectivity index (χ4v) is 3.17. The molecule has 3 heterocycles. The first-order valence-corrected chi connectivity index (χ1v) is 8.72. The van der Waals surface area contributed by atoms with E-state index in [1.54, 1.807) is 17.1 Å². The molecule has 4 rings (SSSR count). The number of nitrogens with zero attached hydrogens (tertiary/aromatic N) is 5. The largest absolute Gasteiger partial charge is 0.370 e. The molecule has 7 nitrogen and oxygen atoms in total. The number of benzene rings is 1. The van der Waals surface area contributed by atoms with Crippen LogP contribution in [-0.2, 0) is 6.54 Å². The van der Waals surface area contributed by atoms with Gasteiger partial charge in [-0.15, -0.1) is 0 Å². The van der Waals surface area contributed by atoms with Crippen molar-refractivity contribution in [2.45, 2.75) is 19.4 Å². The van der Waals surface area contributed by atoms with Crippen molar-refractivity contribution in [2.75, 3.05) is 23.3 Å². The molecule has 0 bridgehead atoms. The lowest BCUT2D eigenvalue weighted by atomic mass is 10.1. The van der Waals surface area contributed by atoms with Gasteiger partial charge >= 0.3 is 0 Å². The van der Waals surface area contributed by atoms with Crippen molar-refractivity contribution in [1.82, 2.24) is 19.7 Å². The number of amides is 1. The van der Waals surface area contributed by atoms with E-state index in [0.717, 1.165) is 24.3 Å². The molecule has 132 valence electrons. The van der Waals surface area contributed by atoms with Crippen LogP contribution in [0.1, 0.15) is 28.8 Å². The summed E-state index contributed by atoms with van der Waals surface area (Å²) < 4.78 is 1.69. The number of hydrogen-bond donors (Lipinski definition) is 1. The lowest BCUT2D eigenvalue weighted by Gasteiger charge is -2.17. The molecule has 3 aromatic rings. The lowest BCUT2D eigenvalue weighted by Crippen LogP contribution is -2.19. The highest BCUT2D eigenvalue weighted by molar-refractivity contribution is 6.04. The van der Waals surface area contributed by atoms with Crippen molar-refractivity contribution in [3.05, 3.63) is 66.4 Å². The maximum Gasteiger partial charge on any atom is 0.257 e. The van der Waals surface area contributed by atoms with Gasteiger partial charge in [-0.25, -0.2) is 14.6 Å². The predicted octanol–water partition coefficient (Wildman–Crippen LogP) is 2.57. The van der Waals surface area contributed by atoms with E-state index in [-0.39, 0.29) is 5.91 Å². The number of carbonyl (C=O) groups is 1. The molecule has 1 amide bonds. The molecule has 1 aliphatic rings. The normalized spacial score (nSPS) is 13.8. The van der Waals surface area contributed by atoms with Crippen LogP contribution in [0.5, 0.6) is 0 Å². The molecule has 0 unspecified atom stereocenters. The van der Waals surface area contributed by atoms with Crippen molar-refractivity contribution >= 4 is 17.4 Å². The van der Waals surface area contributed by atoms with Gasteiger partial charge < -0.3 is 10.2 Å². The molecule has 2 aromatic heterocycles. The van der Waals surface area contributed by atoms with Crippen molar-refractivity contribution in [1.29, 1.82) is 0 Å². The van der Waals surface area contributed by atoms with E-state index < -0.39 is 0 Å². The Morgan fingerprint density at radius 1 is 1.12 bits per heavy atom. The van der Waals surface area contributed by atoms with Gasteiger partial charge in [0, 0.05) is 18.7 Å². The standard InChI is InChI=1S/C19H20N6O/c26-19(17-6-2-1-5-15(17)12-25-14-20-13-22-25)23-18-8-7-16(11-21-18)24-9-3-4-10-24/h1-2,5-8,11,13-14H,3-4,9-10,12H2,(H,21,23,26). The van der Waals surface area contributed by atoms with Crippen LogP contribution in [0.3, 0.4) is 0 Å². The van der Waals surface area contributed by atoms with Crippen molar-refractivity contribution in [3.8, 4) is 0 Å². The summed E-state index contributed by atoms with van der Waals surface area (Å²) in [6, 6.07) is 11.3. The van der Waals surface area contributed by atoms with Crippen molar-refractivity contribution < 1.29 is 4.79 Å². The Bertz CT molecular complexity index is 869. The molecule has 7 heteroatoms. The first kappa shape index (κ1) is 16.3. The van der Waals surface area contributed by atoms with Crippen LogP contribution in [0.2, 0.25) is 0 Å². The van der Waals surface area contributed by atoms with E-state index in [1.807, 2.05) is 36.5 Å². The Labute approximate surface area is 151 Å². The van der Waals surface area contributed by atoms with Gasteiger partial charge in [-0.05, 0) is 36.6 Å². The molecule has 0 aliphatic carbocycles. The summed E-state index contributed by atoms with van der Waals surface area (Å²) in [6.45, 7) is 2.64. The zero-order valence-electron chi connectivity index (χ0n) is 14.4. The molecule has 1 saturated heterocycles. The second-order valence-corrected chi connectivity index (χ2v) is 6.30. The SMILES string of the molecule is O=C(Nc1ccc(N2CCCC2)cn1)c1ccccc1Cn1cncn1. The third-order valence-corrected chi connectivity index (χ3v) is 4.52. The van der Waals surface area contributed by atoms with Crippen molar-refractivity contribution in [2.24, 2.45) is 0 Å². The van der Waals surface area contributed by atoms with E-state index in [2.05, 4.69) is 25.3 Å². The number of aromatic nitrogens is 4. The van der Waals surface area contributed by atoms with Gasteiger partial charge in [-0.3, -0.25) is 4.79 Å². The quantitative estimate of drug-likeness (QED) is 0.767. The Balaban J connectivity index is 1.48. The molecule has 1 aliphatic heterocycles. The topological polar surface area (TPSA) is 75.9 Å². The molecule has 26 heavy (non-hydrogen) atoms. The van der Waals surface area contributed by atoms with Gasteiger partial charge in [0.05, 0.1) is 18.4 Å². The van der Waals surface area contributed by atoms with E-state index in [0.29, 0.717) is 17.9 Å². The summed E-state index contributed by atoms with van der Waals surface area (Å²) >= 11 is 0. The second-order valence-electron chi connectivity index (χ2n) is 6.30. The van der Waals surface area contributed by atoms with Crippen LogP contribution < -0.4 is 10.2 Å². The maximum atomic E-state index is 12.7. The van der Waals surface area contributed by atoms with E-state index in [9.17, 15) is 4.79 Å². The van der Waals surface area contributed by atoms with Gasteiger partial charge in [0.25, 0.3) is 5.91 Å². The number of rotatable bonds is 5. The van der Waals surface area contributed by atoms with Gasteiger partial charge in [0.1, 0.15) is 18.5 Å². The Morgan fingerprint density at radius 3 is 2.69 bits per heavy atom. The summed E-state index contributed by atoms with van der Waals surface area (Å²) in [6.07, 6.45) is 7.38. The number of hydrogen-bond acceptors (Lipinski definition) is 5. The minimum Gasteiger partial charge on any atom is -0.370 e. The highest BCUT2D eigenvalue weighted by Crippen LogP contribution is 2.20. The van der Waals surface area contributed by atoms with E-state index in [4.69, 9.17) is 0 Å². The Hall–Kier alpha value is -3.22. The van der Waals surface area contributed by atoms with Crippen LogP contribution in [0.25, 0.3) is 0 Å². The zero-order chi connectivity index (χ0) is 17.8. The monoisotopic (exact) mass is 348 g/mol. The summed E-state index contributed by atoms with van der Waals surface area (Å²) in [4.78, 5) is 23.3. The third kappa shape index (κ3) is 3.56. The van der Waals surface area contributed by atoms with Gasteiger partial charge in [-0.1, -0.05) is 18.2 Å². The van der Waals surface area contributed by atoms with Crippen LogP contribution in [0, 0.1) is 0 Å². The molecule has 0 atom stereocenters. The highest BCUT2D eigenvalue weighted by atomic mass is 16.1.